The second kappa shape index (κ2) is 7.94. The number of methoxy groups -OCH3 is 1. The molecule has 0 atom stereocenters. The second-order valence-electron chi connectivity index (χ2n) is 6.84. The lowest BCUT2D eigenvalue weighted by molar-refractivity contribution is 0.0998. The fourth-order valence-corrected chi connectivity index (χ4v) is 3.57. The number of H-pyrrole nitrogens is 1. The van der Waals surface area contributed by atoms with Gasteiger partial charge in [0.1, 0.15) is 17.4 Å². The van der Waals surface area contributed by atoms with Crippen molar-refractivity contribution in [3.63, 3.8) is 0 Å². The second-order valence-corrected chi connectivity index (χ2v) is 6.84. The van der Waals surface area contributed by atoms with Gasteiger partial charge < -0.3 is 14.4 Å². The molecule has 2 aliphatic heterocycles. The van der Waals surface area contributed by atoms with Gasteiger partial charge in [-0.3, -0.25) is 14.8 Å². The van der Waals surface area contributed by atoms with Crippen molar-refractivity contribution >= 4 is 23.1 Å². The normalized spacial score (nSPS) is 14.4. The third-order valence-corrected chi connectivity index (χ3v) is 4.98. The maximum absolute atomic E-state index is 12.8. The molecule has 5 rings (SSSR count). The van der Waals surface area contributed by atoms with E-state index in [-0.39, 0.29) is 18.8 Å². The number of tetrazole rings is 1. The summed E-state index contributed by atoms with van der Waals surface area (Å²) in [5, 5.41) is 13.7. The average Bonchev–Trinajstić information content (AvgIpc) is 3.50. The Balaban J connectivity index is 1.50. The Morgan fingerprint density at radius 1 is 1.29 bits per heavy atom. The molecule has 156 valence electrons. The van der Waals surface area contributed by atoms with Gasteiger partial charge in [-0.25, -0.2) is 4.99 Å². The van der Waals surface area contributed by atoms with Gasteiger partial charge in [-0.1, -0.05) is 5.21 Å². The van der Waals surface area contributed by atoms with Crippen LogP contribution in [0.25, 0.3) is 0 Å². The number of pyridine rings is 1. The SMILES string of the molecule is COc1c(OCc2nn[nH]n2)ccc2c1N=C(CC(=O)c1cccnc1)N1CCN=C21. The summed E-state index contributed by atoms with van der Waals surface area (Å²) in [6.07, 6.45) is 3.32. The third kappa shape index (κ3) is 3.50. The molecule has 0 spiro atoms. The number of aliphatic imine (C=N–C) groups is 2. The highest BCUT2D eigenvalue weighted by Crippen LogP contribution is 2.43. The van der Waals surface area contributed by atoms with E-state index < -0.39 is 0 Å². The molecule has 0 radical (unpaired) electrons. The minimum atomic E-state index is -0.0648. The molecule has 3 aromatic rings. The van der Waals surface area contributed by atoms with Crippen LogP contribution >= 0.6 is 0 Å². The van der Waals surface area contributed by atoms with Crippen LogP contribution in [0.5, 0.6) is 11.5 Å². The van der Waals surface area contributed by atoms with Gasteiger partial charge in [0.2, 0.25) is 5.82 Å². The Morgan fingerprint density at radius 3 is 3.00 bits per heavy atom. The van der Waals surface area contributed by atoms with Crippen LogP contribution in [0.4, 0.5) is 5.69 Å². The Hall–Kier alpha value is -4.15. The van der Waals surface area contributed by atoms with E-state index >= 15 is 0 Å². The van der Waals surface area contributed by atoms with Crippen LogP contribution in [0.2, 0.25) is 0 Å². The number of nitrogens with zero attached hydrogens (tertiary/aromatic N) is 7. The zero-order chi connectivity index (χ0) is 21.2. The maximum atomic E-state index is 12.8. The van der Waals surface area contributed by atoms with Gasteiger partial charge in [0.05, 0.1) is 20.1 Å². The van der Waals surface area contributed by atoms with Gasteiger partial charge in [-0.15, -0.1) is 10.2 Å². The number of rotatable bonds is 7. The number of aromatic nitrogens is 5. The Labute approximate surface area is 176 Å². The number of hydrogen-bond donors (Lipinski definition) is 1. The first-order valence-corrected chi connectivity index (χ1v) is 9.64. The van der Waals surface area contributed by atoms with Gasteiger partial charge in [0.25, 0.3) is 0 Å². The fraction of sp³-hybridized carbons (Fsp3) is 0.250. The Bertz CT molecular complexity index is 1170. The van der Waals surface area contributed by atoms with Crippen molar-refractivity contribution in [2.24, 2.45) is 9.98 Å². The summed E-state index contributed by atoms with van der Waals surface area (Å²) in [5.41, 5.74) is 1.95. The molecule has 1 aromatic carbocycles. The number of hydrogen-bond acceptors (Lipinski definition) is 10. The van der Waals surface area contributed by atoms with Crippen molar-refractivity contribution in [1.82, 2.24) is 30.5 Å². The van der Waals surface area contributed by atoms with Gasteiger partial charge in [-0.2, -0.15) is 5.21 Å². The molecule has 0 bridgehead atoms. The van der Waals surface area contributed by atoms with Crippen LogP contribution in [0.1, 0.15) is 28.2 Å². The lowest BCUT2D eigenvalue weighted by atomic mass is 10.0. The molecule has 4 heterocycles. The van der Waals surface area contributed by atoms with E-state index in [1.165, 1.54) is 0 Å². The van der Waals surface area contributed by atoms with Gasteiger partial charge in [-0.05, 0) is 24.3 Å². The standard InChI is InChI=1S/C20H18N8O3/c1-30-19-15(31-11-16-24-26-27-25-16)5-4-13-18(19)23-17(28-8-7-22-20(13)28)9-14(29)12-3-2-6-21-10-12/h2-6,10H,7-9,11H2,1H3,(H,24,25,26,27). The highest BCUT2D eigenvalue weighted by atomic mass is 16.5. The molecule has 11 heteroatoms. The lowest BCUT2D eigenvalue weighted by Crippen LogP contribution is -2.38. The Kier molecular flexibility index (Phi) is 4.83. The zero-order valence-electron chi connectivity index (χ0n) is 16.6. The van der Waals surface area contributed by atoms with Crippen molar-refractivity contribution in [3.8, 4) is 11.5 Å². The summed E-state index contributed by atoms with van der Waals surface area (Å²) in [7, 11) is 1.55. The van der Waals surface area contributed by atoms with E-state index in [1.54, 1.807) is 37.7 Å². The summed E-state index contributed by atoms with van der Waals surface area (Å²) in [6.45, 7) is 1.42. The first-order chi connectivity index (χ1) is 15.2. The van der Waals surface area contributed by atoms with Crippen LogP contribution in [0.15, 0.2) is 46.6 Å². The number of Topliss-reactive ketones (excluding diaryl/α,β-unsaturated/α-hetero) is 1. The molecular weight excluding hydrogens is 400 g/mol. The minimum absolute atomic E-state index is 0.0648. The lowest BCUT2D eigenvalue weighted by Gasteiger charge is -2.28. The summed E-state index contributed by atoms with van der Waals surface area (Å²) in [6, 6.07) is 7.18. The van der Waals surface area contributed by atoms with Gasteiger partial charge in [0, 0.05) is 30.1 Å². The zero-order valence-corrected chi connectivity index (χ0v) is 16.6. The number of nitrogens with one attached hydrogen (secondary N) is 1. The fourth-order valence-electron chi connectivity index (χ4n) is 3.57. The molecule has 0 amide bonds. The molecular formula is C20H18N8O3. The molecule has 0 unspecified atom stereocenters. The molecule has 0 fully saturated rings. The van der Waals surface area contributed by atoms with E-state index in [4.69, 9.17) is 14.5 Å². The number of carbonyl (C=O) groups excluding carboxylic acids is 1. The number of aromatic amines is 1. The minimum Gasteiger partial charge on any atom is -0.491 e. The van der Waals surface area contributed by atoms with E-state index in [0.717, 1.165) is 11.4 Å². The smallest absolute Gasteiger partial charge is 0.211 e. The monoisotopic (exact) mass is 418 g/mol. The highest BCUT2D eigenvalue weighted by molar-refractivity contribution is 6.21. The summed E-state index contributed by atoms with van der Waals surface area (Å²) >= 11 is 0. The first-order valence-electron chi connectivity index (χ1n) is 9.64. The molecule has 11 nitrogen and oxygen atoms in total. The van der Waals surface area contributed by atoms with E-state index in [9.17, 15) is 4.79 Å². The number of amidine groups is 2. The quantitative estimate of drug-likeness (QED) is 0.572. The van der Waals surface area contributed by atoms with Crippen molar-refractivity contribution in [2.75, 3.05) is 20.2 Å². The molecule has 2 aliphatic rings. The largest absolute Gasteiger partial charge is 0.491 e. The number of fused-ring (bicyclic) bond motifs is 3. The van der Waals surface area contributed by atoms with E-state index in [1.807, 2.05) is 11.0 Å². The van der Waals surface area contributed by atoms with E-state index in [2.05, 4.69) is 30.6 Å². The molecule has 0 aliphatic carbocycles. The van der Waals surface area contributed by atoms with Gasteiger partial charge >= 0.3 is 0 Å². The van der Waals surface area contributed by atoms with Crippen LogP contribution in [0, 0.1) is 0 Å². The number of benzene rings is 1. The van der Waals surface area contributed by atoms with Crippen molar-refractivity contribution in [2.45, 2.75) is 13.0 Å². The molecule has 2 aromatic heterocycles. The molecule has 31 heavy (non-hydrogen) atoms. The molecule has 0 saturated carbocycles. The highest BCUT2D eigenvalue weighted by Gasteiger charge is 2.33. The first kappa shape index (κ1) is 18.9. The van der Waals surface area contributed by atoms with Crippen LogP contribution < -0.4 is 9.47 Å². The third-order valence-electron chi connectivity index (χ3n) is 4.98. The van der Waals surface area contributed by atoms with Crippen molar-refractivity contribution in [1.29, 1.82) is 0 Å². The predicted octanol–water partition coefficient (Wildman–Crippen LogP) is 1.56. The summed E-state index contributed by atoms with van der Waals surface area (Å²) < 4.78 is 11.5. The summed E-state index contributed by atoms with van der Waals surface area (Å²) in [4.78, 5) is 28.2. The topological polar surface area (TPSA) is 131 Å². The van der Waals surface area contributed by atoms with Gasteiger partial charge in [0.15, 0.2) is 23.9 Å². The molecule has 0 saturated heterocycles. The van der Waals surface area contributed by atoms with Crippen LogP contribution in [0.3, 0.4) is 0 Å². The number of ketones is 1. The predicted molar refractivity (Wildman–Crippen MR) is 110 cm³/mol. The molecule has 1 N–H and O–H groups in total. The van der Waals surface area contributed by atoms with E-state index in [0.29, 0.717) is 47.5 Å². The summed E-state index contributed by atoms with van der Waals surface area (Å²) in [5.74, 6) is 2.69. The average molecular weight is 418 g/mol. The maximum Gasteiger partial charge on any atom is 0.211 e. The van der Waals surface area contributed by atoms with Crippen LogP contribution in [-0.2, 0) is 6.61 Å². The number of ether oxygens (including phenoxy) is 2. The van der Waals surface area contributed by atoms with Crippen LogP contribution in [-0.4, -0.2) is 68.2 Å². The van der Waals surface area contributed by atoms with Crippen molar-refractivity contribution in [3.05, 3.63) is 53.6 Å². The Morgan fingerprint density at radius 2 is 2.23 bits per heavy atom. The number of carbonyl (C=O) groups is 1. The van der Waals surface area contributed by atoms with Crippen molar-refractivity contribution < 1.29 is 14.3 Å².